The van der Waals surface area contributed by atoms with Crippen LogP contribution in [0.2, 0.25) is 0 Å². The van der Waals surface area contributed by atoms with Gasteiger partial charge >= 0.3 is 0 Å². The zero-order chi connectivity index (χ0) is 18.0. The number of aromatic nitrogens is 1. The molecule has 2 heterocycles. The summed E-state index contributed by atoms with van der Waals surface area (Å²) in [6, 6.07) is 9.86. The zero-order valence-electron chi connectivity index (χ0n) is 13.4. The van der Waals surface area contributed by atoms with Crippen LogP contribution in [-0.2, 0) is 9.59 Å². The topological polar surface area (TPSA) is 101 Å². The number of hydrazone groups is 1. The van der Waals surface area contributed by atoms with Gasteiger partial charge in [-0.1, -0.05) is 6.07 Å². The van der Waals surface area contributed by atoms with Crippen molar-refractivity contribution >= 4 is 29.0 Å². The number of nitrogens with zero attached hydrogens (tertiary/aromatic N) is 3. The minimum absolute atomic E-state index is 0.0599. The first-order chi connectivity index (χ1) is 11.9. The van der Waals surface area contributed by atoms with E-state index in [0.717, 1.165) is 5.69 Å². The molecular weight excluding hydrogens is 325 g/mol. The summed E-state index contributed by atoms with van der Waals surface area (Å²) in [6.45, 7) is 1.81. The van der Waals surface area contributed by atoms with Crippen molar-refractivity contribution in [1.82, 2.24) is 4.98 Å². The second kappa shape index (κ2) is 6.68. The van der Waals surface area contributed by atoms with Crippen LogP contribution in [0.15, 0.2) is 47.6 Å². The normalized spacial score (nSPS) is 16.5. The molecule has 1 atom stereocenters. The van der Waals surface area contributed by atoms with Gasteiger partial charge in [-0.05, 0) is 43.3 Å². The molecule has 3 N–H and O–H groups in total. The molecule has 8 heteroatoms. The average Bonchev–Trinajstić information content (AvgIpc) is 3.01. The summed E-state index contributed by atoms with van der Waals surface area (Å²) < 4.78 is 13.1. The van der Waals surface area contributed by atoms with E-state index in [1.807, 2.05) is 13.0 Å². The van der Waals surface area contributed by atoms with E-state index in [1.54, 1.807) is 12.1 Å². The van der Waals surface area contributed by atoms with Crippen molar-refractivity contribution in [2.24, 2.45) is 10.8 Å². The molecule has 3 rings (SSSR count). The first kappa shape index (κ1) is 16.6. The van der Waals surface area contributed by atoms with E-state index in [4.69, 9.17) is 5.73 Å². The van der Waals surface area contributed by atoms with Gasteiger partial charge in [0, 0.05) is 12.1 Å². The lowest BCUT2D eigenvalue weighted by atomic mass is 10.1. The Morgan fingerprint density at radius 1 is 1.24 bits per heavy atom. The minimum Gasteiger partial charge on any atom is -0.368 e. The summed E-state index contributed by atoms with van der Waals surface area (Å²) in [5.74, 6) is -1.10. The van der Waals surface area contributed by atoms with Gasteiger partial charge in [0.25, 0.3) is 5.91 Å². The van der Waals surface area contributed by atoms with Gasteiger partial charge in [0.1, 0.15) is 23.4 Å². The molecule has 1 aliphatic rings. The van der Waals surface area contributed by atoms with Crippen LogP contribution in [0.25, 0.3) is 0 Å². The minimum atomic E-state index is -0.809. The van der Waals surface area contributed by atoms with Gasteiger partial charge in [0.15, 0.2) is 0 Å². The van der Waals surface area contributed by atoms with E-state index in [1.165, 1.54) is 29.3 Å². The highest BCUT2D eigenvalue weighted by molar-refractivity contribution is 6.44. The molecule has 0 saturated carbocycles. The van der Waals surface area contributed by atoms with Gasteiger partial charge in [-0.2, -0.15) is 5.10 Å². The van der Waals surface area contributed by atoms with Gasteiger partial charge < -0.3 is 11.1 Å². The number of pyridine rings is 1. The standard InChI is InChI=1S/C17H16FN5O2/c1-10-3-2-4-15(20-10)21-17(25)13-9-14(16(19)24)23(22-13)12-7-5-11(18)6-8-12/h2-8,14H,9H2,1H3,(H2,19,24)(H,20,21,25)/t14-/m0/s1. The smallest absolute Gasteiger partial charge is 0.273 e. The molecule has 0 radical (unpaired) electrons. The maximum atomic E-state index is 13.1. The van der Waals surface area contributed by atoms with E-state index in [0.29, 0.717) is 11.5 Å². The Bertz CT molecular complexity index is 850. The summed E-state index contributed by atoms with van der Waals surface area (Å²) in [6.07, 6.45) is 0.0599. The number of amides is 2. The van der Waals surface area contributed by atoms with Crippen LogP contribution in [0.4, 0.5) is 15.9 Å². The molecule has 0 unspecified atom stereocenters. The fraction of sp³-hybridized carbons (Fsp3) is 0.176. The highest BCUT2D eigenvalue weighted by atomic mass is 19.1. The number of nitrogens with two attached hydrogens (primary N) is 1. The largest absolute Gasteiger partial charge is 0.368 e. The summed E-state index contributed by atoms with van der Waals surface area (Å²) >= 11 is 0. The van der Waals surface area contributed by atoms with Crippen LogP contribution in [-0.4, -0.2) is 28.6 Å². The highest BCUT2D eigenvalue weighted by Gasteiger charge is 2.35. The Morgan fingerprint density at radius 3 is 2.60 bits per heavy atom. The molecule has 1 aromatic heterocycles. The van der Waals surface area contributed by atoms with Crippen molar-refractivity contribution in [1.29, 1.82) is 0 Å². The lowest BCUT2D eigenvalue weighted by Gasteiger charge is -2.20. The third kappa shape index (κ3) is 3.63. The van der Waals surface area contributed by atoms with E-state index < -0.39 is 23.7 Å². The third-order valence-corrected chi connectivity index (χ3v) is 3.72. The number of rotatable bonds is 4. The molecule has 0 aliphatic carbocycles. The van der Waals surface area contributed by atoms with Crippen molar-refractivity contribution in [3.8, 4) is 0 Å². The average molecular weight is 341 g/mol. The van der Waals surface area contributed by atoms with Crippen molar-refractivity contribution in [2.45, 2.75) is 19.4 Å². The van der Waals surface area contributed by atoms with Gasteiger partial charge in [-0.15, -0.1) is 0 Å². The molecule has 2 aromatic rings. The first-order valence-corrected chi connectivity index (χ1v) is 7.60. The Kier molecular flexibility index (Phi) is 4.42. The van der Waals surface area contributed by atoms with Crippen LogP contribution in [0.1, 0.15) is 12.1 Å². The summed E-state index contributed by atoms with van der Waals surface area (Å²) in [5, 5.41) is 8.18. The van der Waals surface area contributed by atoms with Crippen LogP contribution < -0.4 is 16.1 Å². The molecule has 1 aromatic carbocycles. The number of primary amides is 1. The molecule has 25 heavy (non-hydrogen) atoms. The first-order valence-electron chi connectivity index (χ1n) is 7.60. The number of hydrogen-bond acceptors (Lipinski definition) is 5. The van der Waals surface area contributed by atoms with E-state index >= 15 is 0 Å². The second-order valence-corrected chi connectivity index (χ2v) is 5.61. The summed E-state index contributed by atoms with van der Waals surface area (Å²) in [4.78, 5) is 28.3. The van der Waals surface area contributed by atoms with Gasteiger partial charge in [0.05, 0.1) is 5.69 Å². The Balaban J connectivity index is 1.83. The molecule has 1 aliphatic heterocycles. The SMILES string of the molecule is Cc1cccc(NC(=O)C2=NN(c3ccc(F)cc3)[C@H](C(N)=O)C2)n1. The van der Waals surface area contributed by atoms with Crippen LogP contribution >= 0.6 is 0 Å². The molecule has 0 saturated heterocycles. The molecule has 0 fully saturated rings. The second-order valence-electron chi connectivity index (χ2n) is 5.61. The lowest BCUT2D eigenvalue weighted by molar-refractivity contribution is -0.119. The van der Waals surface area contributed by atoms with Crippen molar-refractivity contribution < 1.29 is 14.0 Å². The van der Waals surface area contributed by atoms with Crippen molar-refractivity contribution in [3.05, 3.63) is 54.0 Å². The quantitative estimate of drug-likeness (QED) is 0.882. The number of carbonyl (C=O) groups is 2. The monoisotopic (exact) mass is 341 g/mol. The number of nitrogens with one attached hydrogen (secondary N) is 1. The van der Waals surface area contributed by atoms with Gasteiger partial charge in [-0.25, -0.2) is 9.37 Å². The zero-order valence-corrected chi connectivity index (χ0v) is 13.4. The molecule has 0 spiro atoms. The van der Waals surface area contributed by atoms with Crippen LogP contribution in [0.3, 0.4) is 0 Å². The molecule has 7 nitrogen and oxygen atoms in total. The maximum absolute atomic E-state index is 13.1. The van der Waals surface area contributed by atoms with E-state index in [-0.39, 0.29) is 12.1 Å². The summed E-state index contributed by atoms with van der Waals surface area (Å²) in [5.41, 5.74) is 6.80. The number of carbonyl (C=O) groups excluding carboxylic acids is 2. The van der Waals surface area contributed by atoms with Gasteiger partial charge in [-0.3, -0.25) is 14.6 Å². The number of aryl methyl sites for hydroxylation is 1. The predicted molar refractivity (Wildman–Crippen MR) is 91.5 cm³/mol. The van der Waals surface area contributed by atoms with Crippen molar-refractivity contribution in [3.63, 3.8) is 0 Å². The van der Waals surface area contributed by atoms with Crippen LogP contribution in [0, 0.1) is 12.7 Å². The lowest BCUT2D eigenvalue weighted by Crippen LogP contribution is -2.39. The molecule has 0 bridgehead atoms. The third-order valence-electron chi connectivity index (χ3n) is 3.72. The molecule has 128 valence electrons. The number of hydrogen-bond donors (Lipinski definition) is 2. The predicted octanol–water partition coefficient (Wildman–Crippen LogP) is 1.59. The van der Waals surface area contributed by atoms with Crippen molar-refractivity contribution in [2.75, 3.05) is 10.3 Å². The fourth-order valence-corrected chi connectivity index (χ4v) is 2.50. The maximum Gasteiger partial charge on any atom is 0.273 e. The molecular formula is C17H16FN5O2. The van der Waals surface area contributed by atoms with Crippen LogP contribution in [0.5, 0.6) is 0 Å². The Morgan fingerprint density at radius 2 is 1.96 bits per heavy atom. The van der Waals surface area contributed by atoms with Gasteiger partial charge in [0.2, 0.25) is 5.91 Å². The van der Waals surface area contributed by atoms with E-state index in [9.17, 15) is 14.0 Å². The summed E-state index contributed by atoms with van der Waals surface area (Å²) in [7, 11) is 0. The highest BCUT2D eigenvalue weighted by Crippen LogP contribution is 2.25. The Labute approximate surface area is 143 Å². The van der Waals surface area contributed by atoms with E-state index in [2.05, 4.69) is 15.4 Å². The molecule has 2 amide bonds. The number of halogens is 1. The fourth-order valence-electron chi connectivity index (χ4n) is 2.50. The number of anilines is 2. The Hall–Kier alpha value is -3.29. The number of benzene rings is 1.